The van der Waals surface area contributed by atoms with E-state index < -0.39 is 6.17 Å². The molecule has 1 atom stereocenters. The van der Waals surface area contributed by atoms with Crippen molar-refractivity contribution in [1.82, 2.24) is 19.9 Å². The molecule has 0 saturated carbocycles. The molecule has 1 fully saturated rings. The van der Waals surface area contributed by atoms with Crippen LogP contribution in [0.2, 0.25) is 5.28 Å². The van der Waals surface area contributed by atoms with Crippen molar-refractivity contribution in [3.05, 3.63) is 30.3 Å². The zero-order valence-corrected chi connectivity index (χ0v) is 13.4. The summed E-state index contributed by atoms with van der Waals surface area (Å²) in [6, 6.07) is 0. The Morgan fingerprint density at radius 1 is 1.30 bits per heavy atom. The van der Waals surface area contributed by atoms with E-state index in [0.717, 1.165) is 10.0 Å². The van der Waals surface area contributed by atoms with Crippen molar-refractivity contribution in [2.24, 2.45) is 0 Å². The summed E-state index contributed by atoms with van der Waals surface area (Å²) in [4.78, 5) is 19.4. The van der Waals surface area contributed by atoms with E-state index in [9.17, 15) is 4.39 Å². The standard InChI is InChI=1S/C14H11ClFN5OS/c15-13-18-3-9(10-4-17-7-22-10)12(20-13)11-5-19-14(23-11)21-2-1-8(16)6-21/h3-5,7-8H,1-2,6H2. The molecule has 4 rings (SSSR count). The fraction of sp³-hybridized carbons (Fsp3) is 0.286. The Morgan fingerprint density at radius 2 is 2.22 bits per heavy atom. The van der Waals surface area contributed by atoms with Crippen LogP contribution in [0.5, 0.6) is 0 Å². The third-order valence-electron chi connectivity index (χ3n) is 3.59. The number of oxazole rings is 1. The van der Waals surface area contributed by atoms with Crippen molar-refractivity contribution in [2.45, 2.75) is 12.6 Å². The van der Waals surface area contributed by atoms with Crippen LogP contribution in [-0.2, 0) is 0 Å². The van der Waals surface area contributed by atoms with Crippen molar-refractivity contribution in [2.75, 3.05) is 18.0 Å². The molecule has 0 N–H and O–H groups in total. The van der Waals surface area contributed by atoms with E-state index >= 15 is 0 Å². The number of rotatable bonds is 3. The van der Waals surface area contributed by atoms with Gasteiger partial charge in [-0.1, -0.05) is 11.3 Å². The first kappa shape index (κ1) is 14.5. The lowest BCUT2D eigenvalue weighted by Crippen LogP contribution is -2.19. The number of alkyl halides is 1. The summed E-state index contributed by atoms with van der Waals surface area (Å²) in [5, 5.41) is 0.918. The Kier molecular flexibility index (Phi) is 3.70. The van der Waals surface area contributed by atoms with Gasteiger partial charge in [-0.3, -0.25) is 0 Å². The van der Waals surface area contributed by atoms with E-state index in [1.165, 1.54) is 17.7 Å². The van der Waals surface area contributed by atoms with Crippen LogP contribution in [0.3, 0.4) is 0 Å². The summed E-state index contributed by atoms with van der Waals surface area (Å²) in [6.45, 7) is 1.06. The SMILES string of the molecule is FC1CCN(c2ncc(-c3nc(Cl)ncc3-c3cnco3)s2)C1. The number of anilines is 1. The van der Waals surface area contributed by atoms with Gasteiger partial charge in [0.1, 0.15) is 6.17 Å². The molecular formula is C14H11ClFN5OS. The first-order valence-corrected chi connectivity index (χ1v) is 8.17. The van der Waals surface area contributed by atoms with Crippen molar-refractivity contribution in [3.63, 3.8) is 0 Å². The fourth-order valence-corrected chi connectivity index (χ4v) is 3.58. The predicted octanol–water partition coefficient (Wildman–Crippen LogP) is 3.46. The fourth-order valence-electron chi connectivity index (χ4n) is 2.49. The Labute approximate surface area is 140 Å². The molecule has 4 heterocycles. The third-order valence-corrected chi connectivity index (χ3v) is 4.83. The molecule has 3 aromatic heterocycles. The molecule has 0 bridgehead atoms. The molecule has 118 valence electrons. The molecule has 0 aliphatic carbocycles. The molecule has 23 heavy (non-hydrogen) atoms. The Morgan fingerprint density at radius 3 is 2.96 bits per heavy atom. The van der Waals surface area contributed by atoms with Gasteiger partial charge in [0.15, 0.2) is 17.3 Å². The summed E-state index contributed by atoms with van der Waals surface area (Å²) < 4.78 is 18.7. The van der Waals surface area contributed by atoms with Gasteiger partial charge in [0, 0.05) is 18.9 Å². The lowest BCUT2D eigenvalue weighted by atomic mass is 10.2. The first-order valence-electron chi connectivity index (χ1n) is 6.97. The summed E-state index contributed by atoms with van der Waals surface area (Å²) in [7, 11) is 0. The Bertz CT molecular complexity index is 824. The lowest BCUT2D eigenvalue weighted by Gasteiger charge is -2.12. The summed E-state index contributed by atoms with van der Waals surface area (Å²) in [6.07, 6.45) is 5.99. The molecule has 0 spiro atoms. The number of hydrogen-bond acceptors (Lipinski definition) is 7. The highest BCUT2D eigenvalue weighted by atomic mass is 35.5. The second-order valence-electron chi connectivity index (χ2n) is 5.11. The Balaban J connectivity index is 1.73. The second kappa shape index (κ2) is 5.86. The van der Waals surface area contributed by atoms with Crippen LogP contribution in [0.4, 0.5) is 9.52 Å². The maximum absolute atomic E-state index is 13.4. The average molecular weight is 352 g/mol. The highest BCUT2D eigenvalue weighted by Gasteiger charge is 2.25. The lowest BCUT2D eigenvalue weighted by molar-refractivity contribution is 0.364. The van der Waals surface area contributed by atoms with Gasteiger partial charge in [-0.05, 0) is 18.0 Å². The summed E-state index contributed by atoms with van der Waals surface area (Å²) in [5.41, 5.74) is 1.31. The van der Waals surface area contributed by atoms with E-state index in [2.05, 4.69) is 19.9 Å². The minimum Gasteiger partial charge on any atom is -0.443 e. The molecule has 0 amide bonds. The average Bonchev–Trinajstić information content (AvgIpc) is 3.28. The molecule has 0 radical (unpaired) electrons. The van der Waals surface area contributed by atoms with Crippen LogP contribution < -0.4 is 4.90 Å². The van der Waals surface area contributed by atoms with Gasteiger partial charge in [0.2, 0.25) is 5.28 Å². The summed E-state index contributed by atoms with van der Waals surface area (Å²) in [5.74, 6) is 0.552. The van der Waals surface area contributed by atoms with Crippen LogP contribution in [-0.4, -0.2) is 39.2 Å². The molecule has 1 saturated heterocycles. The molecular weight excluding hydrogens is 341 g/mol. The third kappa shape index (κ3) is 2.79. The zero-order chi connectivity index (χ0) is 15.8. The quantitative estimate of drug-likeness (QED) is 0.673. The predicted molar refractivity (Wildman–Crippen MR) is 85.4 cm³/mol. The van der Waals surface area contributed by atoms with Gasteiger partial charge in [0.25, 0.3) is 0 Å². The van der Waals surface area contributed by atoms with Gasteiger partial charge in [-0.25, -0.2) is 24.3 Å². The van der Waals surface area contributed by atoms with E-state index in [1.807, 2.05) is 4.90 Å². The number of thiazole rings is 1. The molecule has 6 nitrogen and oxygen atoms in total. The molecule has 3 aromatic rings. The second-order valence-corrected chi connectivity index (χ2v) is 6.45. The van der Waals surface area contributed by atoms with Gasteiger partial charge in [0.05, 0.1) is 28.9 Å². The van der Waals surface area contributed by atoms with Crippen molar-refractivity contribution in [1.29, 1.82) is 0 Å². The molecule has 0 aromatic carbocycles. The maximum atomic E-state index is 13.4. The molecule has 1 aliphatic rings. The maximum Gasteiger partial charge on any atom is 0.222 e. The number of aromatic nitrogens is 4. The van der Waals surface area contributed by atoms with Crippen LogP contribution in [0, 0.1) is 0 Å². The van der Waals surface area contributed by atoms with E-state index in [4.69, 9.17) is 16.0 Å². The first-order chi connectivity index (χ1) is 11.2. The van der Waals surface area contributed by atoms with Gasteiger partial charge in [-0.2, -0.15) is 0 Å². The van der Waals surface area contributed by atoms with Crippen LogP contribution >= 0.6 is 22.9 Å². The number of halogens is 2. The molecule has 1 unspecified atom stereocenters. The number of nitrogens with zero attached hydrogens (tertiary/aromatic N) is 5. The minimum atomic E-state index is -0.791. The topological polar surface area (TPSA) is 67.9 Å². The van der Waals surface area contributed by atoms with Gasteiger partial charge in [-0.15, -0.1) is 0 Å². The van der Waals surface area contributed by atoms with E-state index in [0.29, 0.717) is 36.5 Å². The number of hydrogen-bond donors (Lipinski definition) is 0. The largest absolute Gasteiger partial charge is 0.443 e. The monoisotopic (exact) mass is 351 g/mol. The molecule has 9 heteroatoms. The van der Waals surface area contributed by atoms with Crippen molar-refractivity contribution >= 4 is 28.1 Å². The van der Waals surface area contributed by atoms with Crippen LogP contribution in [0.1, 0.15) is 6.42 Å². The van der Waals surface area contributed by atoms with E-state index in [1.54, 1.807) is 18.6 Å². The summed E-state index contributed by atoms with van der Waals surface area (Å²) >= 11 is 7.38. The smallest absolute Gasteiger partial charge is 0.222 e. The highest BCUT2D eigenvalue weighted by Crippen LogP contribution is 2.37. The zero-order valence-electron chi connectivity index (χ0n) is 11.8. The van der Waals surface area contributed by atoms with Gasteiger partial charge < -0.3 is 9.32 Å². The minimum absolute atomic E-state index is 0.142. The van der Waals surface area contributed by atoms with Crippen LogP contribution in [0.15, 0.2) is 29.4 Å². The highest BCUT2D eigenvalue weighted by molar-refractivity contribution is 7.18. The molecule has 1 aliphatic heterocycles. The van der Waals surface area contributed by atoms with Gasteiger partial charge >= 0.3 is 0 Å². The van der Waals surface area contributed by atoms with E-state index in [-0.39, 0.29) is 5.28 Å². The Hall–Kier alpha value is -2.06. The normalized spacial score (nSPS) is 17.8. The van der Waals surface area contributed by atoms with Crippen LogP contribution in [0.25, 0.3) is 21.9 Å². The van der Waals surface area contributed by atoms with Crippen molar-refractivity contribution in [3.8, 4) is 21.9 Å². The van der Waals surface area contributed by atoms with Crippen molar-refractivity contribution < 1.29 is 8.81 Å².